The third-order valence-electron chi connectivity index (χ3n) is 4.99. The molecule has 0 spiro atoms. The van der Waals surface area contributed by atoms with E-state index in [9.17, 15) is 22.8 Å². The van der Waals surface area contributed by atoms with Crippen LogP contribution in [0, 0.1) is 5.92 Å². The predicted molar refractivity (Wildman–Crippen MR) is 107 cm³/mol. The number of halogens is 3. The maximum Gasteiger partial charge on any atom is 0.573 e. The molecular weight excluding hydrogens is 431 g/mol. The van der Waals surface area contributed by atoms with E-state index in [0.29, 0.717) is 12.1 Å². The highest BCUT2D eigenvalue weighted by molar-refractivity contribution is 5.89. The van der Waals surface area contributed by atoms with Gasteiger partial charge in [-0.2, -0.15) is 0 Å². The van der Waals surface area contributed by atoms with Crippen molar-refractivity contribution in [2.45, 2.75) is 25.8 Å². The van der Waals surface area contributed by atoms with Gasteiger partial charge in [-0.05, 0) is 17.7 Å². The molecule has 1 aliphatic rings. The summed E-state index contributed by atoms with van der Waals surface area (Å²) in [4.78, 5) is 29.9. The molecule has 1 amide bonds. The fourth-order valence-electron chi connectivity index (χ4n) is 3.33. The molecule has 3 rings (SSSR count). The first-order valence-corrected chi connectivity index (χ1v) is 9.68. The van der Waals surface area contributed by atoms with Gasteiger partial charge < -0.3 is 24.8 Å². The molecule has 1 aromatic carbocycles. The Morgan fingerprint density at radius 3 is 2.53 bits per heavy atom. The molecule has 2 heterocycles. The fraction of sp³-hybridized carbons (Fsp3) is 0.381. The van der Waals surface area contributed by atoms with Gasteiger partial charge >= 0.3 is 12.3 Å². The van der Waals surface area contributed by atoms with Crippen LogP contribution in [0.1, 0.15) is 22.8 Å². The van der Waals surface area contributed by atoms with Crippen molar-refractivity contribution in [1.29, 1.82) is 0 Å². The van der Waals surface area contributed by atoms with Crippen LogP contribution in [0.2, 0.25) is 0 Å². The monoisotopic (exact) mass is 453 g/mol. The number of nitrogens with zero attached hydrogens (tertiary/aromatic N) is 2. The van der Waals surface area contributed by atoms with Gasteiger partial charge in [0, 0.05) is 24.7 Å². The molecule has 2 aromatic rings. The molecule has 1 saturated heterocycles. The van der Waals surface area contributed by atoms with Gasteiger partial charge in [-0.1, -0.05) is 19.1 Å². The second-order valence-corrected chi connectivity index (χ2v) is 7.40. The Kier molecular flexibility index (Phi) is 6.75. The third-order valence-corrected chi connectivity index (χ3v) is 4.99. The Morgan fingerprint density at radius 1 is 1.22 bits per heavy atom. The highest BCUT2D eigenvalue weighted by atomic mass is 19.4. The molecule has 2 N–H and O–H groups in total. The zero-order valence-electron chi connectivity index (χ0n) is 17.4. The Hall–Kier alpha value is -3.50. The highest BCUT2D eigenvalue weighted by Gasteiger charge is 2.35. The smallest absolute Gasteiger partial charge is 0.484 e. The number of pyridine rings is 1. The number of hydrogen-bond acceptors (Lipinski definition) is 7. The van der Waals surface area contributed by atoms with Crippen LogP contribution in [0.4, 0.5) is 19.0 Å². The van der Waals surface area contributed by atoms with E-state index in [1.807, 2.05) is 6.92 Å². The molecule has 8 nitrogen and oxygen atoms in total. The zero-order valence-corrected chi connectivity index (χ0v) is 17.4. The van der Waals surface area contributed by atoms with Crippen molar-refractivity contribution in [2.75, 3.05) is 25.9 Å². The number of nitrogens with two attached hydrogens (primary N) is 1. The van der Waals surface area contributed by atoms with Gasteiger partial charge in [-0.25, -0.2) is 9.78 Å². The summed E-state index contributed by atoms with van der Waals surface area (Å²) in [6, 6.07) is 6.60. The average molecular weight is 453 g/mol. The van der Waals surface area contributed by atoms with E-state index in [0.717, 1.165) is 0 Å². The number of amides is 1. The second-order valence-electron chi connectivity index (χ2n) is 7.40. The molecule has 0 aliphatic carbocycles. The first kappa shape index (κ1) is 23.2. The molecule has 1 aliphatic heterocycles. The summed E-state index contributed by atoms with van der Waals surface area (Å²) in [6.45, 7) is 2.63. The number of hydrogen-bond donors (Lipinski definition) is 1. The molecule has 0 bridgehead atoms. The van der Waals surface area contributed by atoms with Crippen molar-refractivity contribution >= 4 is 17.7 Å². The number of likely N-dealkylation sites (tertiary alicyclic amines) is 1. The Labute approximate surface area is 182 Å². The topological polar surface area (TPSA) is 104 Å². The molecule has 2 atom stereocenters. The van der Waals surface area contributed by atoms with E-state index >= 15 is 0 Å². The molecule has 1 aromatic heterocycles. The largest absolute Gasteiger partial charge is 0.573 e. The van der Waals surface area contributed by atoms with Crippen LogP contribution in [0.3, 0.4) is 0 Å². The van der Waals surface area contributed by atoms with Gasteiger partial charge in [0.15, 0.2) is 11.6 Å². The minimum Gasteiger partial charge on any atom is -0.484 e. The summed E-state index contributed by atoms with van der Waals surface area (Å²) in [6.07, 6.45) is -3.84. The van der Waals surface area contributed by atoms with E-state index in [1.165, 1.54) is 43.6 Å². The van der Waals surface area contributed by atoms with Crippen LogP contribution in [0.25, 0.3) is 0 Å². The minimum absolute atomic E-state index is 0.0211. The van der Waals surface area contributed by atoms with Crippen LogP contribution in [0.5, 0.6) is 11.5 Å². The Bertz CT molecular complexity index is 982. The molecule has 1 fully saturated rings. The molecule has 1 unspecified atom stereocenters. The lowest BCUT2D eigenvalue weighted by molar-refractivity contribution is -0.274. The number of carbonyl (C=O) groups is 2. The lowest BCUT2D eigenvalue weighted by atomic mass is 10.1. The van der Waals surface area contributed by atoms with Gasteiger partial charge in [-0.3, -0.25) is 4.79 Å². The Balaban J connectivity index is 1.61. The summed E-state index contributed by atoms with van der Waals surface area (Å²) in [7, 11) is 1.25. The SMILES string of the molecule is COC(=O)c1cnc(N)c(O[C@H]2CN(C(=O)Cc3ccc(OC(F)(F)F)cc3)CC2C)c1. The van der Waals surface area contributed by atoms with Crippen LogP contribution >= 0.6 is 0 Å². The van der Waals surface area contributed by atoms with E-state index in [1.54, 1.807) is 4.90 Å². The van der Waals surface area contributed by atoms with Gasteiger partial charge in [0.25, 0.3) is 0 Å². The summed E-state index contributed by atoms with van der Waals surface area (Å²) >= 11 is 0. The number of benzene rings is 1. The van der Waals surface area contributed by atoms with E-state index in [-0.39, 0.29) is 53.8 Å². The molecular formula is C21H22F3N3O5. The second kappa shape index (κ2) is 9.33. The number of esters is 1. The van der Waals surface area contributed by atoms with Crippen molar-refractivity contribution in [3.05, 3.63) is 47.7 Å². The molecule has 172 valence electrons. The average Bonchev–Trinajstić information content (AvgIpc) is 3.10. The quantitative estimate of drug-likeness (QED) is 0.671. The first-order valence-electron chi connectivity index (χ1n) is 9.68. The summed E-state index contributed by atoms with van der Waals surface area (Å²) in [5, 5.41) is 0. The van der Waals surface area contributed by atoms with Gasteiger partial charge in [0.2, 0.25) is 5.91 Å². The van der Waals surface area contributed by atoms with Crippen molar-refractivity contribution < 1.29 is 37.0 Å². The van der Waals surface area contributed by atoms with E-state index in [2.05, 4.69) is 14.5 Å². The minimum atomic E-state index is -4.77. The number of alkyl halides is 3. The number of carbonyl (C=O) groups excluding carboxylic acids is 2. The maximum absolute atomic E-state index is 12.7. The molecule has 0 saturated carbocycles. The fourth-order valence-corrected chi connectivity index (χ4v) is 3.33. The van der Waals surface area contributed by atoms with Gasteiger partial charge in [0.05, 0.1) is 25.6 Å². The van der Waals surface area contributed by atoms with Crippen LogP contribution in [-0.2, 0) is 16.0 Å². The lowest BCUT2D eigenvalue weighted by Gasteiger charge is -2.19. The highest BCUT2D eigenvalue weighted by Crippen LogP contribution is 2.28. The third kappa shape index (κ3) is 5.80. The van der Waals surface area contributed by atoms with Gasteiger partial charge in [-0.15, -0.1) is 13.2 Å². The van der Waals surface area contributed by atoms with Crippen LogP contribution < -0.4 is 15.2 Å². The summed E-state index contributed by atoms with van der Waals surface area (Å²) in [5.41, 5.74) is 6.60. The van der Waals surface area contributed by atoms with Gasteiger partial charge in [0.1, 0.15) is 11.9 Å². The number of aromatic nitrogens is 1. The van der Waals surface area contributed by atoms with Crippen molar-refractivity contribution in [1.82, 2.24) is 9.88 Å². The van der Waals surface area contributed by atoms with Crippen molar-refractivity contribution in [2.24, 2.45) is 5.92 Å². The van der Waals surface area contributed by atoms with Crippen LogP contribution in [-0.4, -0.2) is 54.4 Å². The van der Waals surface area contributed by atoms with E-state index < -0.39 is 12.3 Å². The number of nitrogen functional groups attached to an aromatic ring is 1. The molecule has 32 heavy (non-hydrogen) atoms. The predicted octanol–water partition coefficient (Wildman–Crippen LogP) is 2.82. The lowest BCUT2D eigenvalue weighted by Crippen LogP contribution is -2.32. The number of methoxy groups -OCH3 is 1. The normalized spacial score (nSPS) is 18.3. The number of anilines is 1. The van der Waals surface area contributed by atoms with Crippen molar-refractivity contribution in [3.63, 3.8) is 0 Å². The summed E-state index contributed by atoms with van der Waals surface area (Å²) in [5.74, 6) is -0.817. The molecule has 11 heteroatoms. The first-order chi connectivity index (χ1) is 15.1. The number of ether oxygens (including phenoxy) is 3. The Morgan fingerprint density at radius 2 is 1.91 bits per heavy atom. The molecule has 0 radical (unpaired) electrons. The number of rotatable bonds is 6. The zero-order chi connectivity index (χ0) is 23.5. The van der Waals surface area contributed by atoms with Crippen LogP contribution in [0.15, 0.2) is 36.5 Å². The van der Waals surface area contributed by atoms with E-state index in [4.69, 9.17) is 10.5 Å². The van der Waals surface area contributed by atoms with Crippen molar-refractivity contribution in [3.8, 4) is 11.5 Å². The standard InChI is InChI=1S/C21H22F3N3O5/c1-12-10-27(18(28)7-13-3-5-15(6-4-13)32-21(22,23)24)11-17(12)31-16-8-14(20(29)30-2)9-26-19(16)25/h3-6,8-9,12,17H,7,10-11H2,1-2H3,(H2,25,26)/t12?,17-/m0/s1. The maximum atomic E-state index is 12.7. The summed E-state index contributed by atoms with van der Waals surface area (Å²) < 4.78 is 51.2.